The number of aromatic nitrogens is 5. The Bertz CT molecular complexity index is 848. The third-order valence-electron chi connectivity index (χ3n) is 2.80. The van der Waals surface area contributed by atoms with Crippen molar-refractivity contribution in [2.45, 2.75) is 19.3 Å². The SMILES string of the molecule is O=C(CCn1cnnn1)Nc1nc2ccc(OC(F)(F)F)cc2s1. The maximum absolute atomic E-state index is 12.2. The Morgan fingerprint density at radius 1 is 1.38 bits per heavy atom. The number of nitrogens with one attached hydrogen (secondary N) is 1. The molecule has 0 bridgehead atoms. The number of alkyl halides is 3. The van der Waals surface area contributed by atoms with Gasteiger partial charge in [0, 0.05) is 12.5 Å². The predicted octanol–water partition coefficient (Wildman–Crippen LogP) is 2.21. The number of carbonyl (C=O) groups excluding carboxylic acids is 1. The number of aryl methyl sites for hydroxylation is 1. The molecule has 2 heterocycles. The first-order valence-electron chi connectivity index (χ1n) is 6.56. The van der Waals surface area contributed by atoms with Crippen molar-refractivity contribution in [1.82, 2.24) is 25.2 Å². The van der Waals surface area contributed by atoms with Gasteiger partial charge in [0.2, 0.25) is 5.91 Å². The second kappa shape index (κ2) is 6.39. The molecule has 1 N–H and O–H groups in total. The van der Waals surface area contributed by atoms with Gasteiger partial charge in [-0.1, -0.05) is 11.3 Å². The van der Waals surface area contributed by atoms with Gasteiger partial charge in [-0.25, -0.2) is 9.67 Å². The zero-order valence-electron chi connectivity index (χ0n) is 11.8. The van der Waals surface area contributed by atoms with Crippen LogP contribution in [0.5, 0.6) is 5.75 Å². The molecule has 126 valence electrons. The Labute approximate surface area is 136 Å². The van der Waals surface area contributed by atoms with Gasteiger partial charge in [0.1, 0.15) is 12.1 Å². The fraction of sp³-hybridized carbons (Fsp3) is 0.250. The van der Waals surface area contributed by atoms with E-state index in [0.29, 0.717) is 16.8 Å². The Balaban J connectivity index is 1.65. The van der Waals surface area contributed by atoms with Gasteiger partial charge in [-0.3, -0.25) is 4.79 Å². The van der Waals surface area contributed by atoms with E-state index < -0.39 is 6.36 Å². The minimum atomic E-state index is -4.76. The highest BCUT2D eigenvalue weighted by atomic mass is 32.1. The number of halogens is 3. The van der Waals surface area contributed by atoms with Crippen LogP contribution in [-0.4, -0.2) is 37.5 Å². The first-order chi connectivity index (χ1) is 11.4. The number of anilines is 1. The first kappa shape index (κ1) is 16.1. The number of ether oxygens (including phenoxy) is 1. The molecule has 0 aliphatic carbocycles. The summed E-state index contributed by atoms with van der Waals surface area (Å²) in [6.07, 6.45) is -3.25. The highest BCUT2D eigenvalue weighted by molar-refractivity contribution is 7.22. The molecule has 0 saturated carbocycles. The van der Waals surface area contributed by atoms with Gasteiger partial charge >= 0.3 is 6.36 Å². The number of benzene rings is 1. The van der Waals surface area contributed by atoms with Crippen LogP contribution in [0.25, 0.3) is 10.2 Å². The number of fused-ring (bicyclic) bond motifs is 1. The van der Waals surface area contributed by atoms with E-state index in [9.17, 15) is 18.0 Å². The number of hydrogen-bond donors (Lipinski definition) is 1. The Morgan fingerprint density at radius 2 is 2.21 bits per heavy atom. The standard InChI is InChI=1S/C12H9F3N6O2S/c13-12(14,15)23-7-1-2-8-9(5-7)24-11(17-8)18-10(22)3-4-21-6-16-19-20-21/h1-2,5-6H,3-4H2,(H,17,18,22). The van der Waals surface area contributed by atoms with Crippen LogP contribution in [0.3, 0.4) is 0 Å². The van der Waals surface area contributed by atoms with Crippen molar-refractivity contribution < 1.29 is 22.7 Å². The lowest BCUT2D eigenvalue weighted by Gasteiger charge is -2.07. The minimum Gasteiger partial charge on any atom is -0.406 e. The normalized spacial score (nSPS) is 11.6. The molecule has 0 aliphatic rings. The zero-order valence-corrected chi connectivity index (χ0v) is 12.6. The van der Waals surface area contributed by atoms with Crippen LogP contribution in [0.2, 0.25) is 0 Å². The number of thiazole rings is 1. The average Bonchev–Trinajstić information content (AvgIpc) is 3.11. The predicted molar refractivity (Wildman–Crippen MR) is 77.4 cm³/mol. The molecule has 0 atom stereocenters. The van der Waals surface area contributed by atoms with Crippen molar-refractivity contribution in [2.24, 2.45) is 0 Å². The summed E-state index contributed by atoms with van der Waals surface area (Å²) in [5.74, 6) is -0.647. The smallest absolute Gasteiger partial charge is 0.406 e. The third kappa shape index (κ3) is 4.16. The van der Waals surface area contributed by atoms with E-state index in [2.05, 4.69) is 30.6 Å². The van der Waals surface area contributed by atoms with Crippen molar-refractivity contribution in [2.75, 3.05) is 5.32 Å². The van der Waals surface area contributed by atoms with Gasteiger partial charge in [0.05, 0.1) is 16.8 Å². The molecule has 0 spiro atoms. The van der Waals surface area contributed by atoms with E-state index in [-0.39, 0.29) is 23.2 Å². The lowest BCUT2D eigenvalue weighted by atomic mass is 10.3. The second-order valence-corrected chi connectivity index (χ2v) is 5.60. The summed E-state index contributed by atoms with van der Waals surface area (Å²) in [5, 5.41) is 13.4. The molecule has 0 unspecified atom stereocenters. The largest absolute Gasteiger partial charge is 0.573 e. The van der Waals surface area contributed by atoms with Crippen LogP contribution >= 0.6 is 11.3 Å². The summed E-state index contributed by atoms with van der Waals surface area (Å²) >= 11 is 1.05. The number of amides is 1. The molecule has 12 heteroatoms. The van der Waals surface area contributed by atoms with Crippen molar-refractivity contribution in [3.63, 3.8) is 0 Å². The van der Waals surface area contributed by atoms with E-state index in [0.717, 1.165) is 11.3 Å². The van der Waals surface area contributed by atoms with Gasteiger partial charge in [-0.05, 0) is 22.6 Å². The Kier molecular flexibility index (Phi) is 4.29. The lowest BCUT2D eigenvalue weighted by Crippen LogP contribution is -2.16. The van der Waals surface area contributed by atoms with Crippen LogP contribution in [0.1, 0.15) is 6.42 Å². The molecule has 0 fully saturated rings. The molecule has 0 aliphatic heterocycles. The molecule has 3 rings (SSSR count). The molecule has 3 aromatic rings. The molecular weight excluding hydrogens is 349 g/mol. The number of nitrogens with zero attached hydrogens (tertiary/aromatic N) is 5. The maximum Gasteiger partial charge on any atom is 0.573 e. The van der Waals surface area contributed by atoms with Crippen LogP contribution < -0.4 is 10.1 Å². The molecule has 0 saturated heterocycles. The summed E-state index contributed by atoms with van der Waals surface area (Å²) in [6.45, 7) is 0.299. The van der Waals surface area contributed by atoms with Crippen LogP contribution in [0.4, 0.5) is 18.3 Å². The Morgan fingerprint density at radius 3 is 2.92 bits per heavy atom. The third-order valence-corrected chi connectivity index (χ3v) is 3.73. The van der Waals surface area contributed by atoms with E-state index in [1.807, 2.05) is 0 Å². The van der Waals surface area contributed by atoms with E-state index in [1.54, 1.807) is 0 Å². The van der Waals surface area contributed by atoms with E-state index >= 15 is 0 Å². The summed E-state index contributed by atoms with van der Waals surface area (Å²) < 4.78 is 42.4. The van der Waals surface area contributed by atoms with Gasteiger partial charge in [-0.15, -0.1) is 18.3 Å². The number of carbonyl (C=O) groups is 1. The number of rotatable bonds is 5. The molecule has 1 amide bonds. The molecular formula is C12H9F3N6O2S. The van der Waals surface area contributed by atoms with Gasteiger partial charge in [0.25, 0.3) is 0 Å². The first-order valence-corrected chi connectivity index (χ1v) is 7.38. The zero-order chi connectivity index (χ0) is 17.2. The molecule has 2 aromatic heterocycles. The van der Waals surface area contributed by atoms with Gasteiger partial charge < -0.3 is 10.1 Å². The van der Waals surface area contributed by atoms with Crippen LogP contribution in [0, 0.1) is 0 Å². The average molecular weight is 358 g/mol. The summed E-state index contributed by atoms with van der Waals surface area (Å²) in [6, 6.07) is 3.78. The molecule has 8 nitrogen and oxygen atoms in total. The summed E-state index contributed by atoms with van der Waals surface area (Å²) in [7, 11) is 0. The fourth-order valence-electron chi connectivity index (χ4n) is 1.84. The highest BCUT2D eigenvalue weighted by Gasteiger charge is 2.31. The van der Waals surface area contributed by atoms with Gasteiger partial charge in [-0.2, -0.15) is 0 Å². The molecule has 24 heavy (non-hydrogen) atoms. The highest BCUT2D eigenvalue weighted by Crippen LogP contribution is 2.31. The fourth-order valence-corrected chi connectivity index (χ4v) is 2.75. The monoisotopic (exact) mass is 358 g/mol. The topological polar surface area (TPSA) is 94.8 Å². The Hall–Kier alpha value is -2.76. The number of hydrogen-bond acceptors (Lipinski definition) is 7. The second-order valence-electron chi connectivity index (χ2n) is 4.57. The minimum absolute atomic E-state index is 0.128. The van der Waals surface area contributed by atoms with Crippen LogP contribution in [-0.2, 0) is 11.3 Å². The lowest BCUT2D eigenvalue weighted by molar-refractivity contribution is -0.274. The van der Waals surface area contributed by atoms with Crippen molar-refractivity contribution in [3.8, 4) is 5.75 Å². The number of tetrazole rings is 1. The van der Waals surface area contributed by atoms with Crippen molar-refractivity contribution >= 4 is 32.6 Å². The maximum atomic E-state index is 12.2. The van der Waals surface area contributed by atoms with Crippen molar-refractivity contribution in [3.05, 3.63) is 24.5 Å². The van der Waals surface area contributed by atoms with E-state index in [4.69, 9.17) is 0 Å². The van der Waals surface area contributed by atoms with E-state index in [1.165, 1.54) is 29.2 Å². The van der Waals surface area contributed by atoms with Crippen molar-refractivity contribution in [1.29, 1.82) is 0 Å². The summed E-state index contributed by atoms with van der Waals surface area (Å²) in [5.41, 5.74) is 0.463. The van der Waals surface area contributed by atoms with Gasteiger partial charge in [0.15, 0.2) is 5.13 Å². The molecule has 1 aromatic carbocycles. The van der Waals surface area contributed by atoms with Crippen LogP contribution in [0.15, 0.2) is 24.5 Å². The summed E-state index contributed by atoms with van der Waals surface area (Å²) in [4.78, 5) is 16.0. The molecule has 0 radical (unpaired) electrons. The quantitative estimate of drug-likeness (QED) is 0.751.